The zero-order chi connectivity index (χ0) is 14.7. The summed E-state index contributed by atoms with van der Waals surface area (Å²) in [6.45, 7) is 2.32. The van der Waals surface area contributed by atoms with Gasteiger partial charge in [0.1, 0.15) is 5.75 Å². The van der Waals surface area contributed by atoms with Gasteiger partial charge in [0.05, 0.1) is 5.02 Å². The van der Waals surface area contributed by atoms with Crippen molar-refractivity contribution in [2.45, 2.75) is 13.5 Å². The molecule has 0 aliphatic rings. The van der Waals surface area contributed by atoms with Crippen molar-refractivity contribution in [1.29, 1.82) is 0 Å². The number of para-hydroxylation sites is 1. The molecule has 1 amide bonds. The van der Waals surface area contributed by atoms with Crippen LogP contribution in [0, 0.1) is 6.92 Å². The van der Waals surface area contributed by atoms with Crippen LogP contribution in [0.2, 0.25) is 5.02 Å². The van der Waals surface area contributed by atoms with Gasteiger partial charge in [0.2, 0.25) is 5.91 Å². The van der Waals surface area contributed by atoms with Crippen molar-refractivity contribution in [2.24, 2.45) is 5.73 Å². The highest BCUT2D eigenvalue weighted by molar-refractivity contribution is 6.32. The lowest BCUT2D eigenvalue weighted by atomic mass is 10.1. The van der Waals surface area contributed by atoms with Crippen LogP contribution in [0.15, 0.2) is 36.4 Å². The van der Waals surface area contributed by atoms with Crippen molar-refractivity contribution in [3.63, 3.8) is 0 Å². The number of aromatic hydroxyl groups is 1. The van der Waals surface area contributed by atoms with E-state index in [1.54, 1.807) is 36.4 Å². The van der Waals surface area contributed by atoms with E-state index < -0.39 is 5.91 Å². The van der Waals surface area contributed by atoms with E-state index in [0.29, 0.717) is 22.7 Å². The van der Waals surface area contributed by atoms with Gasteiger partial charge in [-0.2, -0.15) is 0 Å². The Labute approximate surface area is 122 Å². The predicted molar refractivity (Wildman–Crippen MR) is 80.1 cm³/mol. The summed E-state index contributed by atoms with van der Waals surface area (Å²) in [6.07, 6.45) is 0. The Balaban J connectivity index is 2.15. The Morgan fingerprint density at radius 3 is 2.75 bits per heavy atom. The summed E-state index contributed by atoms with van der Waals surface area (Å²) in [5, 5.41) is 13.3. The number of rotatable bonds is 4. The minimum absolute atomic E-state index is 0.0769. The highest BCUT2D eigenvalue weighted by Crippen LogP contribution is 2.28. The molecule has 4 N–H and O–H groups in total. The summed E-state index contributed by atoms with van der Waals surface area (Å²) in [5.74, 6) is -0.375. The van der Waals surface area contributed by atoms with Crippen LogP contribution in [0.4, 0.5) is 5.69 Å². The highest BCUT2D eigenvalue weighted by atomic mass is 35.5. The first kappa shape index (κ1) is 14.2. The molecule has 0 fully saturated rings. The molecule has 2 aromatic rings. The van der Waals surface area contributed by atoms with Crippen molar-refractivity contribution >= 4 is 23.2 Å². The first-order valence-corrected chi connectivity index (χ1v) is 6.47. The van der Waals surface area contributed by atoms with Gasteiger partial charge in [-0.1, -0.05) is 23.7 Å². The highest BCUT2D eigenvalue weighted by Gasteiger charge is 2.07. The lowest BCUT2D eigenvalue weighted by Gasteiger charge is -2.12. The third kappa shape index (κ3) is 3.03. The molecule has 0 unspecified atom stereocenters. The molecular weight excluding hydrogens is 276 g/mol. The summed E-state index contributed by atoms with van der Waals surface area (Å²) in [4.78, 5) is 11.1. The first-order chi connectivity index (χ1) is 9.49. The number of hydrogen-bond donors (Lipinski definition) is 3. The second kappa shape index (κ2) is 5.84. The van der Waals surface area contributed by atoms with E-state index in [-0.39, 0.29) is 5.75 Å². The summed E-state index contributed by atoms with van der Waals surface area (Å²) in [6, 6.07) is 10.4. The molecule has 0 aliphatic carbocycles. The van der Waals surface area contributed by atoms with Crippen molar-refractivity contribution in [1.82, 2.24) is 0 Å². The summed E-state index contributed by atoms with van der Waals surface area (Å²) < 4.78 is 0. The molecule has 0 saturated heterocycles. The lowest BCUT2D eigenvalue weighted by molar-refractivity contribution is 0.1000. The largest absolute Gasteiger partial charge is 0.506 e. The zero-order valence-electron chi connectivity index (χ0n) is 11.0. The van der Waals surface area contributed by atoms with Gasteiger partial charge < -0.3 is 16.2 Å². The zero-order valence-corrected chi connectivity index (χ0v) is 11.7. The van der Waals surface area contributed by atoms with Crippen molar-refractivity contribution in [3.8, 4) is 5.75 Å². The molecule has 0 atom stereocenters. The van der Waals surface area contributed by atoms with Crippen LogP contribution >= 0.6 is 11.6 Å². The second-order valence-corrected chi connectivity index (χ2v) is 4.90. The third-order valence-corrected chi connectivity index (χ3v) is 3.36. The third-order valence-electron chi connectivity index (χ3n) is 3.05. The molecule has 4 nitrogen and oxygen atoms in total. The quantitative estimate of drug-likeness (QED) is 0.810. The van der Waals surface area contributed by atoms with Crippen LogP contribution in [0.5, 0.6) is 5.75 Å². The van der Waals surface area contributed by atoms with Crippen LogP contribution in [0.25, 0.3) is 0 Å². The van der Waals surface area contributed by atoms with Crippen molar-refractivity contribution in [2.75, 3.05) is 5.32 Å². The van der Waals surface area contributed by atoms with Crippen LogP contribution in [0.1, 0.15) is 21.5 Å². The first-order valence-electron chi connectivity index (χ1n) is 6.09. The number of amides is 1. The number of phenols is 1. The number of benzene rings is 2. The van der Waals surface area contributed by atoms with Gasteiger partial charge in [-0.25, -0.2) is 0 Å². The number of hydrogen-bond acceptors (Lipinski definition) is 3. The Kier molecular flexibility index (Phi) is 4.15. The Hall–Kier alpha value is -2.20. The van der Waals surface area contributed by atoms with Crippen LogP contribution in [-0.2, 0) is 6.54 Å². The molecule has 0 bridgehead atoms. The van der Waals surface area contributed by atoms with Gasteiger partial charge in [-0.3, -0.25) is 4.79 Å². The molecule has 104 valence electrons. The maximum atomic E-state index is 11.1. The minimum Gasteiger partial charge on any atom is -0.506 e. The average molecular weight is 291 g/mol. The van der Waals surface area contributed by atoms with E-state index >= 15 is 0 Å². The monoisotopic (exact) mass is 290 g/mol. The number of aryl methyl sites for hydroxylation is 1. The average Bonchev–Trinajstić information content (AvgIpc) is 2.41. The molecule has 2 rings (SSSR count). The fourth-order valence-corrected chi connectivity index (χ4v) is 2.10. The van der Waals surface area contributed by atoms with Gasteiger partial charge in [0, 0.05) is 23.4 Å². The number of phenolic OH excluding ortho intramolecular Hbond substituents is 1. The maximum absolute atomic E-state index is 11.1. The van der Waals surface area contributed by atoms with Crippen LogP contribution in [-0.4, -0.2) is 11.0 Å². The Morgan fingerprint density at radius 2 is 2.10 bits per heavy atom. The summed E-state index contributed by atoms with van der Waals surface area (Å²) in [5.41, 5.74) is 8.18. The topological polar surface area (TPSA) is 75.4 Å². The fraction of sp³-hybridized carbons (Fsp3) is 0.133. The number of carbonyl (C=O) groups excluding carboxylic acids is 1. The number of nitrogens with one attached hydrogen (secondary N) is 1. The Morgan fingerprint density at radius 1 is 1.35 bits per heavy atom. The molecule has 0 aromatic heterocycles. The molecule has 20 heavy (non-hydrogen) atoms. The number of primary amides is 1. The van der Waals surface area contributed by atoms with Gasteiger partial charge in [-0.15, -0.1) is 0 Å². The number of nitrogens with two attached hydrogens (primary N) is 1. The van der Waals surface area contributed by atoms with Gasteiger partial charge >= 0.3 is 0 Å². The fourth-order valence-electron chi connectivity index (χ4n) is 1.91. The van der Waals surface area contributed by atoms with E-state index in [2.05, 4.69) is 5.32 Å². The van der Waals surface area contributed by atoms with E-state index in [0.717, 1.165) is 11.3 Å². The molecule has 2 aromatic carbocycles. The summed E-state index contributed by atoms with van der Waals surface area (Å²) >= 11 is 5.85. The molecule has 0 aliphatic heterocycles. The van der Waals surface area contributed by atoms with Crippen molar-refractivity contribution < 1.29 is 9.90 Å². The molecule has 0 saturated carbocycles. The van der Waals surface area contributed by atoms with E-state index in [9.17, 15) is 9.90 Å². The molecular formula is C15H15ClN2O2. The maximum Gasteiger partial charge on any atom is 0.248 e. The molecule has 0 radical (unpaired) electrons. The van der Waals surface area contributed by atoms with Crippen LogP contribution in [0.3, 0.4) is 0 Å². The SMILES string of the molecule is Cc1cc(C(N)=O)ccc1NCc1cccc(Cl)c1O. The van der Waals surface area contributed by atoms with Gasteiger partial charge in [-0.05, 0) is 36.8 Å². The number of halogens is 1. The van der Waals surface area contributed by atoms with E-state index in [1.807, 2.05) is 6.92 Å². The molecule has 5 heteroatoms. The summed E-state index contributed by atoms with van der Waals surface area (Å²) in [7, 11) is 0. The Bertz CT molecular complexity index is 656. The lowest BCUT2D eigenvalue weighted by Crippen LogP contribution is -2.11. The smallest absolute Gasteiger partial charge is 0.248 e. The van der Waals surface area contributed by atoms with E-state index in [4.69, 9.17) is 17.3 Å². The molecule has 0 spiro atoms. The van der Waals surface area contributed by atoms with Crippen LogP contribution < -0.4 is 11.1 Å². The van der Waals surface area contributed by atoms with Crippen molar-refractivity contribution in [3.05, 3.63) is 58.1 Å². The standard InChI is InChI=1S/C15H15ClN2O2/c1-9-7-10(15(17)20)5-6-13(9)18-8-11-3-2-4-12(16)14(11)19/h2-7,18-19H,8H2,1H3,(H2,17,20). The molecule has 0 heterocycles. The predicted octanol–water partition coefficient (Wildman–Crippen LogP) is 3.07. The second-order valence-electron chi connectivity index (χ2n) is 4.50. The number of anilines is 1. The normalized spacial score (nSPS) is 10.3. The number of carbonyl (C=O) groups is 1. The minimum atomic E-state index is -0.452. The van der Waals surface area contributed by atoms with Gasteiger partial charge in [0.25, 0.3) is 0 Å². The van der Waals surface area contributed by atoms with Gasteiger partial charge in [0.15, 0.2) is 0 Å². The van der Waals surface area contributed by atoms with E-state index in [1.165, 1.54) is 0 Å².